The van der Waals surface area contributed by atoms with Gasteiger partial charge >= 0.3 is 0 Å². The van der Waals surface area contributed by atoms with Crippen LogP contribution in [0.1, 0.15) is 43.2 Å². The lowest BCUT2D eigenvalue weighted by molar-refractivity contribution is -0.124. The fraction of sp³-hybridized carbons (Fsp3) is 0.421. The summed E-state index contributed by atoms with van der Waals surface area (Å²) in [5.74, 6) is -0.104. The SMILES string of the molecule is Cc1ccc(C=C2SC(=S)N(CCC(=O)NC3CCCC3)C2=O)cc1. The van der Waals surface area contributed by atoms with Gasteiger partial charge in [-0.3, -0.25) is 14.5 Å². The molecule has 4 nitrogen and oxygen atoms in total. The van der Waals surface area contributed by atoms with E-state index in [9.17, 15) is 9.59 Å². The van der Waals surface area contributed by atoms with Crippen molar-refractivity contribution < 1.29 is 9.59 Å². The van der Waals surface area contributed by atoms with Crippen LogP contribution in [0.15, 0.2) is 29.2 Å². The number of amides is 2. The van der Waals surface area contributed by atoms with Crippen LogP contribution >= 0.6 is 24.0 Å². The number of nitrogens with zero attached hydrogens (tertiary/aromatic N) is 1. The number of nitrogens with one attached hydrogen (secondary N) is 1. The molecule has 1 N–H and O–H groups in total. The summed E-state index contributed by atoms with van der Waals surface area (Å²) in [7, 11) is 0. The van der Waals surface area contributed by atoms with Crippen LogP contribution in [0.25, 0.3) is 6.08 Å². The van der Waals surface area contributed by atoms with E-state index in [4.69, 9.17) is 12.2 Å². The molecule has 1 saturated carbocycles. The monoisotopic (exact) mass is 374 g/mol. The first-order valence-electron chi connectivity index (χ1n) is 8.64. The minimum atomic E-state index is -0.107. The molecule has 0 aromatic heterocycles. The maximum absolute atomic E-state index is 12.6. The fourth-order valence-electron chi connectivity index (χ4n) is 3.09. The molecular weight excluding hydrogens is 352 g/mol. The lowest BCUT2D eigenvalue weighted by Gasteiger charge is -2.16. The average Bonchev–Trinajstić information content (AvgIpc) is 3.17. The molecule has 1 aliphatic heterocycles. The largest absolute Gasteiger partial charge is 0.353 e. The summed E-state index contributed by atoms with van der Waals surface area (Å²) in [5.41, 5.74) is 2.16. The summed E-state index contributed by atoms with van der Waals surface area (Å²) in [6.45, 7) is 2.37. The highest BCUT2D eigenvalue weighted by molar-refractivity contribution is 8.26. The number of carbonyl (C=O) groups is 2. The van der Waals surface area contributed by atoms with E-state index >= 15 is 0 Å². The van der Waals surface area contributed by atoms with Gasteiger partial charge in [-0.1, -0.05) is 66.7 Å². The standard InChI is InChI=1S/C19H22N2O2S2/c1-13-6-8-14(9-7-13)12-16-18(23)21(19(24)25-16)11-10-17(22)20-15-4-2-3-5-15/h6-9,12,15H,2-5,10-11H2,1H3,(H,20,22). The van der Waals surface area contributed by atoms with Crippen LogP contribution in [0, 0.1) is 6.92 Å². The zero-order chi connectivity index (χ0) is 17.8. The first-order valence-corrected chi connectivity index (χ1v) is 9.87. The second kappa shape index (κ2) is 8.15. The zero-order valence-corrected chi connectivity index (χ0v) is 15.9. The molecule has 0 bridgehead atoms. The van der Waals surface area contributed by atoms with Gasteiger partial charge in [0.25, 0.3) is 5.91 Å². The summed E-state index contributed by atoms with van der Waals surface area (Å²) in [6, 6.07) is 8.30. The van der Waals surface area contributed by atoms with Crippen LogP contribution < -0.4 is 5.32 Å². The van der Waals surface area contributed by atoms with Gasteiger partial charge in [0.15, 0.2) is 0 Å². The van der Waals surface area contributed by atoms with Crippen molar-refractivity contribution in [2.24, 2.45) is 0 Å². The molecule has 1 heterocycles. The third-order valence-electron chi connectivity index (χ3n) is 4.53. The number of hydrogen-bond acceptors (Lipinski definition) is 4. The molecule has 1 saturated heterocycles. The van der Waals surface area contributed by atoms with E-state index in [1.807, 2.05) is 37.3 Å². The molecule has 2 aliphatic rings. The molecule has 3 rings (SSSR count). The number of rotatable bonds is 5. The Morgan fingerprint density at radius 1 is 1.32 bits per heavy atom. The second-order valence-corrected chi connectivity index (χ2v) is 8.22. The van der Waals surface area contributed by atoms with Crippen molar-refractivity contribution in [3.05, 3.63) is 40.3 Å². The molecule has 0 atom stereocenters. The third-order valence-corrected chi connectivity index (χ3v) is 5.91. The van der Waals surface area contributed by atoms with Crippen LogP contribution in [-0.4, -0.2) is 33.6 Å². The summed E-state index contributed by atoms with van der Waals surface area (Å²) in [4.78, 5) is 26.8. The molecule has 2 amide bonds. The van der Waals surface area contributed by atoms with Gasteiger partial charge in [-0.25, -0.2) is 0 Å². The molecule has 0 unspecified atom stereocenters. The number of aryl methyl sites for hydroxylation is 1. The van der Waals surface area contributed by atoms with Crippen molar-refractivity contribution in [2.75, 3.05) is 6.54 Å². The fourth-order valence-corrected chi connectivity index (χ4v) is 4.40. The van der Waals surface area contributed by atoms with Gasteiger partial charge in [0.1, 0.15) is 4.32 Å². The zero-order valence-electron chi connectivity index (χ0n) is 14.3. The second-order valence-electron chi connectivity index (χ2n) is 6.54. The Morgan fingerprint density at radius 3 is 2.68 bits per heavy atom. The van der Waals surface area contributed by atoms with Crippen molar-refractivity contribution in [3.63, 3.8) is 0 Å². The van der Waals surface area contributed by atoms with Crippen molar-refractivity contribution >= 4 is 46.2 Å². The Bertz CT molecular complexity index is 707. The van der Waals surface area contributed by atoms with E-state index in [0.717, 1.165) is 18.4 Å². The molecule has 6 heteroatoms. The Hall–Kier alpha value is -1.66. The van der Waals surface area contributed by atoms with Gasteiger partial charge in [0, 0.05) is 19.0 Å². The van der Waals surface area contributed by atoms with E-state index in [0.29, 0.717) is 28.2 Å². The Balaban J connectivity index is 1.57. The van der Waals surface area contributed by atoms with Crippen molar-refractivity contribution in [1.82, 2.24) is 10.2 Å². The number of thiocarbonyl (C=S) groups is 1. The van der Waals surface area contributed by atoms with Gasteiger partial charge in [-0.05, 0) is 31.4 Å². The molecule has 132 valence electrons. The van der Waals surface area contributed by atoms with Gasteiger partial charge in [0.05, 0.1) is 4.91 Å². The predicted molar refractivity (Wildman–Crippen MR) is 106 cm³/mol. The summed E-state index contributed by atoms with van der Waals surface area (Å²) in [5, 5.41) is 3.05. The van der Waals surface area contributed by atoms with E-state index in [1.165, 1.54) is 35.1 Å². The van der Waals surface area contributed by atoms with Crippen LogP contribution in [-0.2, 0) is 9.59 Å². The molecule has 0 spiro atoms. The lowest BCUT2D eigenvalue weighted by atomic mass is 10.1. The molecule has 0 radical (unpaired) electrons. The maximum Gasteiger partial charge on any atom is 0.266 e. The van der Waals surface area contributed by atoms with Crippen molar-refractivity contribution in [2.45, 2.75) is 45.1 Å². The highest BCUT2D eigenvalue weighted by Gasteiger charge is 2.32. The topological polar surface area (TPSA) is 49.4 Å². The smallest absolute Gasteiger partial charge is 0.266 e. The lowest BCUT2D eigenvalue weighted by Crippen LogP contribution is -2.37. The van der Waals surface area contributed by atoms with Crippen molar-refractivity contribution in [1.29, 1.82) is 0 Å². The van der Waals surface area contributed by atoms with Gasteiger partial charge in [-0.15, -0.1) is 0 Å². The minimum absolute atomic E-state index is 0.00321. The van der Waals surface area contributed by atoms with E-state index in [1.54, 1.807) is 0 Å². The van der Waals surface area contributed by atoms with Gasteiger partial charge in [-0.2, -0.15) is 0 Å². The quantitative estimate of drug-likeness (QED) is 0.631. The number of thioether (sulfide) groups is 1. The summed E-state index contributed by atoms with van der Waals surface area (Å²) in [6.07, 6.45) is 6.64. The summed E-state index contributed by atoms with van der Waals surface area (Å²) < 4.78 is 0.525. The van der Waals surface area contributed by atoms with Gasteiger partial charge in [0.2, 0.25) is 5.91 Å². The van der Waals surface area contributed by atoms with E-state index < -0.39 is 0 Å². The number of hydrogen-bond donors (Lipinski definition) is 1. The molecule has 25 heavy (non-hydrogen) atoms. The first-order chi connectivity index (χ1) is 12.0. The highest BCUT2D eigenvalue weighted by atomic mass is 32.2. The number of carbonyl (C=O) groups excluding carboxylic acids is 2. The molecule has 1 aromatic rings. The molecule has 1 aliphatic carbocycles. The Morgan fingerprint density at radius 2 is 2.00 bits per heavy atom. The predicted octanol–water partition coefficient (Wildman–Crippen LogP) is 3.65. The Labute approximate surface area is 158 Å². The van der Waals surface area contributed by atoms with Crippen LogP contribution in [0.4, 0.5) is 0 Å². The maximum atomic E-state index is 12.6. The third kappa shape index (κ3) is 4.70. The summed E-state index contributed by atoms with van der Waals surface area (Å²) >= 11 is 6.63. The van der Waals surface area contributed by atoms with E-state index in [2.05, 4.69) is 5.32 Å². The van der Waals surface area contributed by atoms with Crippen LogP contribution in [0.5, 0.6) is 0 Å². The van der Waals surface area contributed by atoms with Crippen molar-refractivity contribution in [3.8, 4) is 0 Å². The molecule has 2 fully saturated rings. The Kier molecular flexibility index (Phi) is 5.91. The average molecular weight is 375 g/mol. The van der Waals surface area contributed by atoms with Crippen LogP contribution in [0.2, 0.25) is 0 Å². The highest BCUT2D eigenvalue weighted by Crippen LogP contribution is 2.32. The van der Waals surface area contributed by atoms with E-state index in [-0.39, 0.29) is 11.8 Å². The minimum Gasteiger partial charge on any atom is -0.353 e. The van der Waals surface area contributed by atoms with Gasteiger partial charge < -0.3 is 5.32 Å². The van der Waals surface area contributed by atoms with Crippen LogP contribution in [0.3, 0.4) is 0 Å². The first kappa shape index (κ1) is 18.1. The number of benzene rings is 1. The normalized spacial score (nSPS) is 19.9. The molecule has 1 aromatic carbocycles. The molecular formula is C19H22N2O2S2.